The molecule has 2 rings (SSSR count). The molecule has 2 aromatic rings. The highest BCUT2D eigenvalue weighted by molar-refractivity contribution is 5.96. The van der Waals surface area contributed by atoms with E-state index in [2.05, 4.69) is 26.0 Å². The maximum absolute atomic E-state index is 7.58. The van der Waals surface area contributed by atoms with Gasteiger partial charge in [-0.2, -0.15) is 0 Å². The van der Waals surface area contributed by atoms with Crippen LogP contribution in [0.5, 0.6) is 5.75 Å². The van der Waals surface area contributed by atoms with Gasteiger partial charge in [0.05, 0.1) is 0 Å². The Labute approximate surface area is 126 Å². The zero-order chi connectivity index (χ0) is 15.2. The van der Waals surface area contributed by atoms with Gasteiger partial charge in [0.15, 0.2) is 0 Å². The molecule has 3 heteroatoms. The van der Waals surface area contributed by atoms with Gasteiger partial charge in [-0.15, -0.1) is 0 Å². The van der Waals surface area contributed by atoms with Gasteiger partial charge in [0.1, 0.15) is 18.2 Å². The molecule has 21 heavy (non-hydrogen) atoms. The molecule has 0 fully saturated rings. The molecule has 0 spiro atoms. The van der Waals surface area contributed by atoms with Crippen molar-refractivity contribution in [3.05, 3.63) is 65.2 Å². The quantitative estimate of drug-likeness (QED) is 0.620. The number of amidine groups is 1. The predicted octanol–water partition coefficient (Wildman–Crippen LogP) is 4.06. The first-order chi connectivity index (χ1) is 10.1. The van der Waals surface area contributed by atoms with E-state index in [1.54, 1.807) is 0 Å². The molecule has 0 aliphatic heterocycles. The monoisotopic (exact) mass is 282 g/mol. The van der Waals surface area contributed by atoms with Gasteiger partial charge in [-0.3, -0.25) is 5.41 Å². The van der Waals surface area contributed by atoms with E-state index in [4.69, 9.17) is 15.9 Å². The number of nitrogens with one attached hydrogen (secondary N) is 1. The summed E-state index contributed by atoms with van der Waals surface area (Å²) < 4.78 is 5.80. The van der Waals surface area contributed by atoms with Crippen LogP contribution in [-0.2, 0) is 6.61 Å². The molecule has 0 aliphatic rings. The standard InChI is InChI=1S/C18H22N2O/c1-3-13(2)14-8-10-16(11-9-14)21-12-15-6-4-5-7-17(15)18(19)20/h4-11,13H,3,12H2,1-2H3,(H3,19,20). The van der Waals surface area contributed by atoms with Crippen LogP contribution in [0.1, 0.15) is 42.9 Å². The van der Waals surface area contributed by atoms with Crippen molar-refractivity contribution in [2.45, 2.75) is 32.8 Å². The number of hydrogen-bond acceptors (Lipinski definition) is 2. The first kappa shape index (κ1) is 15.1. The van der Waals surface area contributed by atoms with E-state index < -0.39 is 0 Å². The van der Waals surface area contributed by atoms with Crippen LogP contribution >= 0.6 is 0 Å². The highest BCUT2D eigenvalue weighted by atomic mass is 16.5. The molecule has 0 bridgehead atoms. The highest BCUT2D eigenvalue weighted by Crippen LogP contribution is 2.22. The van der Waals surface area contributed by atoms with E-state index in [9.17, 15) is 0 Å². The van der Waals surface area contributed by atoms with Crippen molar-refractivity contribution in [2.75, 3.05) is 0 Å². The Kier molecular flexibility index (Phi) is 4.99. The maximum atomic E-state index is 7.58. The molecule has 2 aromatic carbocycles. The summed E-state index contributed by atoms with van der Waals surface area (Å²) in [6, 6.07) is 15.8. The Morgan fingerprint density at radius 2 is 1.81 bits per heavy atom. The lowest BCUT2D eigenvalue weighted by molar-refractivity contribution is 0.306. The fourth-order valence-electron chi connectivity index (χ4n) is 2.20. The summed E-state index contributed by atoms with van der Waals surface area (Å²) in [4.78, 5) is 0. The van der Waals surface area contributed by atoms with Gasteiger partial charge in [0, 0.05) is 11.1 Å². The van der Waals surface area contributed by atoms with Crippen molar-refractivity contribution in [3.63, 3.8) is 0 Å². The van der Waals surface area contributed by atoms with Gasteiger partial charge in [-0.25, -0.2) is 0 Å². The second kappa shape index (κ2) is 6.93. The Bertz CT molecular complexity index is 605. The molecule has 0 saturated heterocycles. The number of nitrogens with two attached hydrogens (primary N) is 1. The Morgan fingerprint density at radius 3 is 2.43 bits per heavy atom. The molecule has 1 unspecified atom stereocenters. The van der Waals surface area contributed by atoms with E-state index in [1.807, 2.05) is 36.4 Å². The first-order valence-corrected chi connectivity index (χ1v) is 7.27. The summed E-state index contributed by atoms with van der Waals surface area (Å²) >= 11 is 0. The summed E-state index contributed by atoms with van der Waals surface area (Å²) in [5.74, 6) is 1.47. The molecule has 3 nitrogen and oxygen atoms in total. The Morgan fingerprint density at radius 1 is 1.14 bits per heavy atom. The molecule has 0 heterocycles. The minimum atomic E-state index is 0.0707. The van der Waals surface area contributed by atoms with Crippen LogP contribution < -0.4 is 10.5 Å². The zero-order valence-electron chi connectivity index (χ0n) is 12.6. The molecule has 3 N–H and O–H groups in total. The van der Waals surface area contributed by atoms with E-state index in [-0.39, 0.29) is 5.84 Å². The van der Waals surface area contributed by atoms with Crippen molar-refractivity contribution >= 4 is 5.84 Å². The van der Waals surface area contributed by atoms with E-state index in [0.29, 0.717) is 12.5 Å². The highest BCUT2D eigenvalue weighted by Gasteiger charge is 2.06. The largest absolute Gasteiger partial charge is 0.489 e. The van der Waals surface area contributed by atoms with Gasteiger partial charge in [0.2, 0.25) is 0 Å². The van der Waals surface area contributed by atoms with Crippen molar-refractivity contribution in [3.8, 4) is 5.75 Å². The number of rotatable bonds is 6. The number of nitrogen functional groups attached to an aromatic ring is 1. The molecule has 0 amide bonds. The van der Waals surface area contributed by atoms with Crippen LogP contribution in [0.25, 0.3) is 0 Å². The lowest BCUT2D eigenvalue weighted by Crippen LogP contribution is -2.14. The SMILES string of the molecule is CCC(C)c1ccc(OCc2ccccc2C(=N)N)cc1. The molecule has 0 aliphatic carbocycles. The molecule has 0 saturated carbocycles. The van der Waals surface area contributed by atoms with Crippen molar-refractivity contribution in [1.29, 1.82) is 5.41 Å². The maximum Gasteiger partial charge on any atom is 0.123 e. The number of ether oxygens (including phenoxy) is 1. The second-order valence-electron chi connectivity index (χ2n) is 5.24. The Balaban J connectivity index is 2.05. The van der Waals surface area contributed by atoms with Gasteiger partial charge in [-0.1, -0.05) is 50.2 Å². The summed E-state index contributed by atoms with van der Waals surface area (Å²) in [5.41, 5.74) is 8.56. The van der Waals surface area contributed by atoms with E-state index in [1.165, 1.54) is 5.56 Å². The molecular formula is C18H22N2O. The van der Waals surface area contributed by atoms with Gasteiger partial charge < -0.3 is 10.5 Å². The van der Waals surface area contributed by atoms with Crippen LogP contribution in [0, 0.1) is 5.41 Å². The summed E-state index contributed by atoms with van der Waals surface area (Å²) in [7, 11) is 0. The minimum absolute atomic E-state index is 0.0707. The fourth-order valence-corrected chi connectivity index (χ4v) is 2.20. The lowest BCUT2D eigenvalue weighted by atomic mass is 9.99. The van der Waals surface area contributed by atoms with Crippen LogP contribution in [0.3, 0.4) is 0 Å². The smallest absolute Gasteiger partial charge is 0.123 e. The molecule has 0 aromatic heterocycles. The van der Waals surface area contributed by atoms with Gasteiger partial charge in [-0.05, 0) is 30.0 Å². The summed E-state index contributed by atoms with van der Waals surface area (Å²) in [6.45, 7) is 4.82. The van der Waals surface area contributed by atoms with Crippen LogP contribution in [0.2, 0.25) is 0 Å². The second-order valence-corrected chi connectivity index (χ2v) is 5.24. The normalized spacial score (nSPS) is 11.9. The average Bonchev–Trinajstić information content (AvgIpc) is 2.52. The summed E-state index contributed by atoms with van der Waals surface area (Å²) in [6.07, 6.45) is 1.13. The fraction of sp³-hybridized carbons (Fsp3) is 0.278. The predicted molar refractivity (Wildman–Crippen MR) is 86.9 cm³/mol. The molecule has 0 radical (unpaired) electrons. The lowest BCUT2D eigenvalue weighted by Gasteiger charge is -2.12. The molecular weight excluding hydrogens is 260 g/mol. The molecule has 110 valence electrons. The van der Waals surface area contributed by atoms with Crippen molar-refractivity contribution in [2.24, 2.45) is 5.73 Å². The number of benzene rings is 2. The van der Waals surface area contributed by atoms with Crippen LogP contribution in [-0.4, -0.2) is 5.84 Å². The third-order valence-corrected chi connectivity index (χ3v) is 3.76. The van der Waals surface area contributed by atoms with Crippen molar-refractivity contribution in [1.82, 2.24) is 0 Å². The van der Waals surface area contributed by atoms with E-state index >= 15 is 0 Å². The zero-order valence-corrected chi connectivity index (χ0v) is 12.6. The van der Waals surface area contributed by atoms with Gasteiger partial charge >= 0.3 is 0 Å². The minimum Gasteiger partial charge on any atom is -0.489 e. The van der Waals surface area contributed by atoms with Crippen LogP contribution in [0.4, 0.5) is 0 Å². The topological polar surface area (TPSA) is 59.1 Å². The number of hydrogen-bond donors (Lipinski definition) is 2. The summed E-state index contributed by atoms with van der Waals surface area (Å²) in [5, 5.41) is 7.58. The molecule has 1 atom stereocenters. The van der Waals surface area contributed by atoms with Crippen molar-refractivity contribution < 1.29 is 4.74 Å². The van der Waals surface area contributed by atoms with E-state index in [0.717, 1.165) is 23.3 Å². The average molecular weight is 282 g/mol. The third kappa shape index (κ3) is 3.85. The van der Waals surface area contributed by atoms with Crippen LogP contribution in [0.15, 0.2) is 48.5 Å². The van der Waals surface area contributed by atoms with Gasteiger partial charge in [0.25, 0.3) is 0 Å². The Hall–Kier alpha value is -2.29. The third-order valence-electron chi connectivity index (χ3n) is 3.76. The first-order valence-electron chi connectivity index (χ1n) is 7.27.